The molecule has 1 aromatic carbocycles. The van der Waals surface area contributed by atoms with Crippen LogP contribution in [-0.4, -0.2) is 29.2 Å². The van der Waals surface area contributed by atoms with Gasteiger partial charge in [-0.05, 0) is 23.8 Å². The van der Waals surface area contributed by atoms with Gasteiger partial charge in [0.05, 0.1) is 5.56 Å². The highest BCUT2D eigenvalue weighted by Gasteiger charge is 2.31. The largest absolute Gasteiger partial charge is 0.416 e. The second-order valence-electron chi connectivity index (χ2n) is 4.64. The van der Waals surface area contributed by atoms with Gasteiger partial charge in [0.15, 0.2) is 0 Å². The fourth-order valence-corrected chi connectivity index (χ4v) is 1.89. The van der Waals surface area contributed by atoms with E-state index in [1.807, 2.05) is 0 Å². The highest BCUT2D eigenvalue weighted by atomic mass is 19.4. The predicted octanol–water partition coefficient (Wildman–Crippen LogP) is 1.55. The van der Waals surface area contributed by atoms with Crippen molar-refractivity contribution in [3.8, 4) is 0 Å². The van der Waals surface area contributed by atoms with E-state index in [4.69, 9.17) is 0 Å². The second kappa shape index (κ2) is 5.63. The number of benzene rings is 1. The van der Waals surface area contributed by atoms with Crippen LogP contribution in [0.15, 0.2) is 30.0 Å². The molecule has 3 amide bonds. The van der Waals surface area contributed by atoms with Crippen molar-refractivity contribution in [1.29, 1.82) is 0 Å². The van der Waals surface area contributed by atoms with Crippen LogP contribution in [0.2, 0.25) is 0 Å². The number of hydrogen-bond acceptors (Lipinski definition) is 3. The molecule has 22 heavy (non-hydrogen) atoms. The molecule has 0 aliphatic carbocycles. The van der Waals surface area contributed by atoms with Gasteiger partial charge in [-0.25, -0.2) is 0 Å². The van der Waals surface area contributed by atoms with Crippen molar-refractivity contribution in [3.63, 3.8) is 0 Å². The summed E-state index contributed by atoms with van der Waals surface area (Å²) in [6, 6.07) is 4.07. The van der Waals surface area contributed by atoms with Crippen LogP contribution in [0, 0.1) is 0 Å². The lowest BCUT2D eigenvalue weighted by Crippen LogP contribution is -2.51. The molecule has 5 nitrogen and oxygen atoms in total. The Balaban J connectivity index is 2.29. The lowest BCUT2D eigenvalue weighted by molar-refractivity contribution is -0.147. The molecule has 0 atom stereocenters. The number of piperazine rings is 1. The molecule has 8 heteroatoms. The SMILES string of the molecule is CC(=O)N1CC(=O)NC(=Cc2ccc(C(F)(F)F)cc2)C1=O. The van der Waals surface area contributed by atoms with E-state index in [1.165, 1.54) is 18.2 Å². The van der Waals surface area contributed by atoms with Gasteiger partial charge in [0.25, 0.3) is 5.91 Å². The van der Waals surface area contributed by atoms with Crippen LogP contribution in [0.5, 0.6) is 0 Å². The van der Waals surface area contributed by atoms with Gasteiger partial charge in [-0.2, -0.15) is 13.2 Å². The lowest BCUT2D eigenvalue weighted by atomic mass is 10.1. The van der Waals surface area contributed by atoms with E-state index < -0.39 is 29.5 Å². The summed E-state index contributed by atoms with van der Waals surface area (Å²) in [4.78, 5) is 35.5. The highest BCUT2D eigenvalue weighted by molar-refractivity contribution is 6.12. The fourth-order valence-electron chi connectivity index (χ4n) is 1.89. The molecule has 2 rings (SSSR count). The molecule has 0 saturated carbocycles. The maximum Gasteiger partial charge on any atom is 0.416 e. The number of hydrogen-bond donors (Lipinski definition) is 1. The van der Waals surface area contributed by atoms with Gasteiger partial charge in [-0.3, -0.25) is 19.3 Å². The molecule has 0 unspecified atom stereocenters. The van der Waals surface area contributed by atoms with E-state index in [-0.39, 0.29) is 12.2 Å². The number of halogens is 3. The van der Waals surface area contributed by atoms with Crippen molar-refractivity contribution in [1.82, 2.24) is 10.2 Å². The summed E-state index contributed by atoms with van der Waals surface area (Å²) in [5.41, 5.74) is -0.688. The molecule has 1 saturated heterocycles. The summed E-state index contributed by atoms with van der Waals surface area (Å²) in [6.07, 6.45) is -3.23. The van der Waals surface area contributed by atoms with E-state index in [0.29, 0.717) is 5.56 Å². The summed E-state index contributed by atoms with van der Waals surface area (Å²) >= 11 is 0. The Kier molecular flexibility index (Phi) is 4.03. The number of imide groups is 1. The maximum absolute atomic E-state index is 12.5. The summed E-state index contributed by atoms with van der Waals surface area (Å²) in [5.74, 6) is -1.84. The molecular formula is C14H11F3N2O3. The average Bonchev–Trinajstić information content (AvgIpc) is 2.41. The van der Waals surface area contributed by atoms with E-state index in [1.54, 1.807) is 0 Å². The predicted molar refractivity (Wildman–Crippen MR) is 70.0 cm³/mol. The lowest BCUT2D eigenvalue weighted by Gasteiger charge is -2.25. The maximum atomic E-state index is 12.5. The average molecular weight is 312 g/mol. The van der Waals surface area contributed by atoms with E-state index in [0.717, 1.165) is 24.0 Å². The van der Waals surface area contributed by atoms with Crippen LogP contribution in [0.1, 0.15) is 18.1 Å². The first-order chi connectivity index (χ1) is 10.2. The highest BCUT2D eigenvalue weighted by Crippen LogP contribution is 2.29. The number of amides is 3. The Morgan fingerprint density at radius 1 is 1.23 bits per heavy atom. The Morgan fingerprint density at radius 3 is 2.32 bits per heavy atom. The number of nitrogens with zero attached hydrogens (tertiary/aromatic N) is 1. The van der Waals surface area contributed by atoms with Crippen molar-refractivity contribution in [2.24, 2.45) is 0 Å². The first-order valence-corrected chi connectivity index (χ1v) is 6.20. The van der Waals surface area contributed by atoms with Crippen molar-refractivity contribution >= 4 is 23.8 Å². The monoisotopic (exact) mass is 312 g/mol. The van der Waals surface area contributed by atoms with Crippen LogP contribution in [0.3, 0.4) is 0 Å². The summed E-state index contributed by atoms with van der Waals surface area (Å²) in [6.45, 7) is 0.769. The molecule has 1 heterocycles. The number of alkyl halides is 3. The van der Waals surface area contributed by atoms with E-state index in [2.05, 4.69) is 5.32 Å². The zero-order valence-electron chi connectivity index (χ0n) is 11.4. The van der Waals surface area contributed by atoms with Crippen molar-refractivity contribution in [3.05, 3.63) is 41.1 Å². The number of carbonyl (C=O) groups excluding carboxylic acids is 3. The topological polar surface area (TPSA) is 66.5 Å². The van der Waals surface area contributed by atoms with Crippen LogP contribution >= 0.6 is 0 Å². The standard InChI is InChI=1S/C14H11F3N2O3/c1-8(20)19-7-12(21)18-11(13(19)22)6-9-2-4-10(5-3-9)14(15,16)17/h2-6H,7H2,1H3,(H,18,21). The number of rotatable bonds is 1. The zero-order chi connectivity index (χ0) is 16.5. The van der Waals surface area contributed by atoms with Crippen LogP contribution in [-0.2, 0) is 20.6 Å². The normalized spacial score (nSPS) is 17.6. The molecule has 0 aromatic heterocycles. The first-order valence-electron chi connectivity index (χ1n) is 6.20. The summed E-state index contributed by atoms with van der Waals surface area (Å²) in [7, 11) is 0. The molecule has 116 valence electrons. The van der Waals surface area contributed by atoms with Gasteiger partial charge in [-0.15, -0.1) is 0 Å². The molecule has 0 bridgehead atoms. The van der Waals surface area contributed by atoms with Crippen LogP contribution in [0.4, 0.5) is 13.2 Å². The minimum Gasteiger partial charge on any atom is -0.320 e. The van der Waals surface area contributed by atoms with Crippen molar-refractivity contribution in [2.45, 2.75) is 13.1 Å². The number of nitrogens with one attached hydrogen (secondary N) is 1. The third kappa shape index (κ3) is 3.33. The minimum absolute atomic E-state index is 0.161. The van der Waals surface area contributed by atoms with Crippen LogP contribution < -0.4 is 5.32 Å². The quantitative estimate of drug-likeness (QED) is 0.800. The smallest absolute Gasteiger partial charge is 0.320 e. The molecule has 0 spiro atoms. The number of carbonyl (C=O) groups is 3. The second-order valence-corrected chi connectivity index (χ2v) is 4.64. The minimum atomic E-state index is -4.45. The van der Waals surface area contributed by atoms with Crippen molar-refractivity contribution < 1.29 is 27.6 Å². The van der Waals surface area contributed by atoms with Gasteiger partial charge >= 0.3 is 6.18 Å². The van der Waals surface area contributed by atoms with Gasteiger partial charge in [0, 0.05) is 6.92 Å². The molecular weight excluding hydrogens is 301 g/mol. The molecule has 1 N–H and O–H groups in total. The zero-order valence-corrected chi connectivity index (χ0v) is 11.4. The van der Waals surface area contributed by atoms with Crippen LogP contribution in [0.25, 0.3) is 6.08 Å². The Labute approximate surface area is 123 Å². The molecule has 1 aliphatic rings. The molecule has 1 aromatic rings. The van der Waals surface area contributed by atoms with E-state index in [9.17, 15) is 27.6 Å². The van der Waals surface area contributed by atoms with Gasteiger partial charge in [-0.1, -0.05) is 12.1 Å². The Hall–Kier alpha value is -2.64. The molecule has 1 aliphatic heterocycles. The molecule has 1 fully saturated rings. The van der Waals surface area contributed by atoms with Gasteiger partial charge in [0.1, 0.15) is 12.2 Å². The fraction of sp³-hybridized carbons (Fsp3) is 0.214. The Morgan fingerprint density at radius 2 is 1.82 bits per heavy atom. The summed E-state index contributed by atoms with van der Waals surface area (Å²) < 4.78 is 37.4. The summed E-state index contributed by atoms with van der Waals surface area (Å²) in [5, 5.41) is 2.30. The van der Waals surface area contributed by atoms with Gasteiger partial charge < -0.3 is 5.32 Å². The van der Waals surface area contributed by atoms with E-state index >= 15 is 0 Å². The van der Waals surface area contributed by atoms with Crippen molar-refractivity contribution in [2.75, 3.05) is 6.54 Å². The molecule has 0 radical (unpaired) electrons. The first kappa shape index (κ1) is 15.7. The third-order valence-corrected chi connectivity index (χ3v) is 2.98. The third-order valence-electron chi connectivity index (χ3n) is 2.98. The Bertz CT molecular complexity index is 663. The van der Waals surface area contributed by atoms with Gasteiger partial charge in [0.2, 0.25) is 11.8 Å².